The summed E-state index contributed by atoms with van der Waals surface area (Å²) in [5, 5.41) is 10.4. The van der Waals surface area contributed by atoms with Crippen LogP contribution in [0.15, 0.2) is 52.2 Å². The zero-order valence-electron chi connectivity index (χ0n) is 14.9. The van der Waals surface area contributed by atoms with Crippen molar-refractivity contribution in [1.82, 2.24) is 14.8 Å². The number of hydrogen-bond donors (Lipinski definition) is 0. The van der Waals surface area contributed by atoms with Crippen LogP contribution in [0.2, 0.25) is 5.02 Å². The molecule has 0 unspecified atom stereocenters. The zero-order chi connectivity index (χ0) is 18.5. The first-order valence-corrected chi connectivity index (χ1v) is 10.4. The molecule has 0 saturated carbocycles. The second kappa shape index (κ2) is 8.71. The number of ether oxygens (including phenoxy) is 1. The van der Waals surface area contributed by atoms with Gasteiger partial charge in [-0.05, 0) is 43.2 Å². The van der Waals surface area contributed by atoms with E-state index in [1.165, 1.54) is 12.8 Å². The molecule has 0 bridgehead atoms. The van der Waals surface area contributed by atoms with Gasteiger partial charge in [-0.2, -0.15) is 0 Å². The number of rotatable bonds is 8. The van der Waals surface area contributed by atoms with Crippen LogP contribution in [-0.4, -0.2) is 40.2 Å². The molecule has 27 heavy (non-hydrogen) atoms. The Morgan fingerprint density at radius 2 is 2.04 bits per heavy atom. The molecule has 6 nitrogen and oxygen atoms in total. The number of benzene rings is 1. The third-order valence-electron chi connectivity index (χ3n) is 4.36. The lowest BCUT2D eigenvalue weighted by Crippen LogP contribution is -2.22. The molecule has 1 aliphatic heterocycles. The minimum absolute atomic E-state index is 0.567. The van der Waals surface area contributed by atoms with Crippen LogP contribution < -0.4 is 9.64 Å². The first kappa shape index (κ1) is 18.3. The van der Waals surface area contributed by atoms with E-state index >= 15 is 0 Å². The predicted molar refractivity (Wildman–Crippen MR) is 107 cm³/mol. The molecule has 4 rings (SSSR count). The first-order chi connectivity index (χ1) is 13.3. The number of furan rings is 1. The Morgan fingerprint density at radius 3 is 2.81 bits per heavy atom. The Labute approximate surface area is 167 Å². The summed E-state index contributed by atoms with van der Waals surface area (Å²) in [7, 11) is 0. The van der Waals surface area contributed by atoms with Crippen LogP contribution in [-0.2, 0) is 6.54 Å². The van der Waals surface area contributed by atoms with E-state index in [4.69, 9.17) is 20.8 Å². The van der Waals surface area contributed by atoms with Crippen molar-refractivity contribution in [3.8, 4) is 5.75 Å². The number of aromatic nitrogens is 3. The highest BCUT2D eigenvalue weighted by molar-refractivity contribution is 7.99. The topological polar surface area (TPSA) is 56.3 Å². The molecule has 2 aromatic heterocycles. The van der Waals surface area contributed by atoms with Crippen LogP contribution in [0, 0.1) is 0 Å². The van der Waals surface area contributed by atoms with Crippen molar-refractivity contribution >= 4 is 29.3 Å². The van der Waals surface area contributed by atoms with E-state index in [9.17, 15) is 0 Å². The van der Waals surface area contributed by atoms with Crippen molar-refractivity contribution < 1.29 is 9.15 Å². The first-order valence-electron chi connectivity index (χ1n) is 9.01. The minimum atomic E-state index is 0.567. The molecule has 0 N–H and O–H groups in total. The summed E-state index contributed by atoms with van der Waals surface area (Å²) in [6.45, 7) is 3.25. The molecule has 142 valence electrons. The van der Waals surface area contributed by atoms with Gasteiger partial charge in [0.2, 0.25) is 5.95 Å². The zero-order valence-corrected chi connectivity index (χ0v) is 16.5. The second-order valence-corrected chi connectivity index (χ2v) is 7.80. The average molecular weight is 405 g/mol. The second-order valence-electron chi connectivity index (χ2n) is 6.30. The molecule has 0 radical (unpaired) electrons. The van der Waals surface area contributed by atoms with E-state index in [1.54, 1.807) is 18.0 Å². The monoisotopic (exact) mass is 404 g/mol. The molecule has 0 aliphatic carbocycles. The molecule has 0 atom stereocenters. The van der Waals surface area contributed by atoms with E-state index in [-0.39, 0.29) is 0 Å². The normalized spacial score (nSPS) is 14.0. The van der Waals surface area contributed by atoms with Crippen LogP contribution >= 0.6 is 23.4 Å². The van der Waals surface area contributed by atoms with E-state index in [0.29, 0.717) is 18.2 Å². The predicted octanol–water partition coefficient (Wildman–Crippen LogP) is 4.34. The van der Waals surface area contributed by atoms with Gasteiger partial charge in [0.05, 0.1) is 19.4 Å². The molecule has 3 heterocycles. The Kier molecular flexibility index (Phi) is 5.89. The highest BCUT2D eigenvalue weighted by Crippen LogP contribution is 2.26. The van der Waals surface area contributed by atoms with Crippen LogP contribution in [0.25, 0.3) is 0 Å². The van der Waals surface area contributed by atoms with Crippen molar-refractivity contribution in [3.63, 3.8) is 0 Å². The molecule has 0 spiro atoms. The number of nitrogens with zero attached hydrogens (tertiary/aromatic N) is 4. The summed E-state index contributed by atoms with van der Waals surface area (Å²) >= 11 is 7.62. The van der Waals surface area contributed by atoms with Crippen molar-refractivity contribution in [2.24, 2.45) is 0 Å². The van der Waals surface area contributed by atoms with E-state index in [1.807, 2.05) is 36.4 Å². The van der Waals surface area contributed by atoms with E-state index in [0.717, 1.165) is 41.5 Å². The number of halogens is 1. The van der Waals surface area contributed by atoms with Crippen LogP contribution in [0.4, 0.5) is 5.95 Å². The van der Waals surface area contributed by atoms with Crippen LogP contribution in [0.1, 0.15) is 18.6 Å². The molecule has 8 heteroatoms. The number of hydrogen-bond acceptors (Lipinski definition) is 6. The smallest absolute Gasteiger partial charge is 0.228 e. The molecule has 3 aromatic rings. The summed E-state index contributed by atoms with van der Waals surface area (Å²) in [5.74, 6) is 3.36. The minimum Gasteiger partial charge on any atom is -0.493 e. The van der Waals surface area contributed by atoms with E-state index < -0.39 is 0 Å². The maximum atomic E-state index is 5.99. The summed E-state index contributed by atoms with van der Waals surface area (Å²) in [5.41, 5.74) is 0. The molecular weight excluding hydrogens is 384 g/mol. The SMILES string of the molecule is Clc1cccc(OCCSc2nnc(N3CCCC3)n2Cc2ccco2)c1. The van der Waals surface area contributed by atoms with Crippen molar-refractivity contribution in [2.75, 3.05) is 30.3 Å². The Hall–Kier alpha value is -2.12. The largest absolute Gasteiger partial charge is 0.493 e. The van der Waals surface area contributed by atoms with Gasteiger partial charge in [-0.15, -0.1) is 10.2 Å². The highest BCUT2D eigenvalue weighted by Gasteiger charge is 2.22. The Balaban J connectivity index is 1.41. The molecule has 1 saturated heterocycles. The summed E-state index contributed by atoms with van der Waals surface area (Å²) in [6, 6.07) is 11.3. The maximum absolute atomic E-state index is 5.99. The highest BCUT2D eigenvalue weighted by atomic mass is 35.5. The molecule has 1 aromatic carbocycles. The van der Waals surface area contributed by atoms with Gasteiger partial charge in [-0.3, -0.25) is 4.57 Å². The summed E-state index contributed by atoms with van der Waals surface area (Å²) in [4.78, 5) is 2.29. The summed E-state index contributed by atoms with van der Waals surface area (Å²) < 4.78 is 13.4. The quantitative estimate of drug-likeness (QED) is 0.411. The molecule has 1 aliphatic rings. The van der Waals surface area contributed by atoms with Crippen LogP contribution in [0.3, 0.4) is 0 Å². The Bertz CT molecular complexity index is 862. The lowest BCUT2D eigenvalue weighted by atomic mass is 10.3. The van der Waals surface area contributed by atoms with Gasteiger partial charge in [-0.1, -0.05) is 29.4 Å². The third kappa shape index (κ3) is 4.59. The van der Waals surface area contributed by atoms with Crippen molar-refractivity contribution in [2.45, 2.75) is 24.5 Å². The lowest BCUT2D eigenvalue weighted by Gasteiger charge is -2.17. The van der Waals surface area contributed by atoms with Crippen molar-refractivity contribution in [3.05, 3.63) is 53.4 Å². The fourth-order valence-corrected chi connectivity index (χ4v) is 4.01. The van der Waals surface area contributed by atoms with E-state index in [2.05, 4.69) is 19.7 Å². The molecular formula is C19H21ClN4O2S. The number of thioether (sulfide) groups is 1. The standard InChI is InChI=1S/C19H21ClN4O2S/c20-15-5-3-6-16(13-15)26-11-12-27-19-22-21-18(23-8-1-2-9-23)24(19)14-17-7-4-10-25-17/h3-7,10,13H,1-2,8-9,11-12,14H2. The average Bonchev–Trinajstić information content (AvgIpc) is 3.42. The maximum Gasteiger partial charge on any atom is 0.228 e. The van der Waals surface area contributed by atoms with Gasteiger partial charge >= 0.3 is 0 Å². The molecule has 0 amide bonds. The van der Waals surface area contributed by atoms with Gasteiger partial charge in [0, 0.05) is 23.9 Å². The third-order valence-corrected chi connectivity index (χ3v) is 5.53. The van der Waals surface area contributed by atoms with Gasteiger partial charge in [-0.25, -0.2) is 0 Å². The van der Waals surface area contributed by atoms with Crippen LogP contribution in [0.5, 0.6) is 5.75 Å². The van der Waals surface area contributed by atoms with Gasteiger partial charge in [0.15, 0.2) is 5.16 Å². The van der Waals surface area contributed by atoms with Gasteiger partial charge in [0.25, 0.3) is 0 Å². The summed E-state index contributed by atoms with van der Waals surface area (Å²) in [6.07, 6.45) is 4.09. The fraction of sp³-hybridized carbons (Fsp3) is 0.368. The Morgan fingerprint density at radius 1 is 1.15 bits per heavy atom. The van der Waals surface area contributed by atoms with Gasteiger partial charge < -0.3 is 14.1 Å². The van der Waals surface area contributed by atoms with Gasteiger partial charge in [0.1, 0.15) is 11.5 Å². The number of anilines is 1. The molecule has 1 fully saturated rings. The van der Waals surface area contributed by atoms with Crippen molar-refractivity contribution in [1.29, 1.82) is 0 Å². The lowest BCUT2D eigenvalue weighted by molar-refractivity contribution is 0.344. The fourth-order valence-electron chi connectivity index (χ4n) is 3.08.